The standard InChI is InChI=1S/C23H25N5O6/c1-14(2)33-23(32)19(9-8-16(29)12-27-24)28-22(31)20(34-21(30)13-25-3)10-15-11-26-18-7-5-4-6-17(15)18/h4-7,11-12,14,19-20,26H,8-10,13H2,1-2H3,(H,28,31)/t19-,20?/m0/s1. The monoisotopic (exact) mass is 467 g/mol. The Kier molecular flexibility index (Phi) is 9.68. The quantitative estimate of drug-likeness (QED) is 0.159. The third-order valence-electron chi connectivity index (χ3n) is 4.69. The Morgan fingerprint density at radius 2 is 1.94 bits per heavy atom. The highest BCUT2D eigenvalue weighted by molar-refractivity contribution is 6.25. The first kappa shape index (κ1) is 26.0. The maximum absolute atomic E-state index is 13.1. The first-order valence-electron chi connectivity index (χ1n) is 10.5. The van der Waals surface area contributed by atoms with Crippen LogP contribution in [0, 0.1) is 6.57 Å². The van der Waals surface area contributed by atoms with E-state index < -0.39 is 48.4 Å². The van der Waals surface area contributed by atoms with E-state index in [1.807, 2.05) is 24.3 Å². The molecular weight excluding hydrogens is 442 g/mol. The second kappa shape index (κ2) is 12.7. The van der Waals surface area contributed by atoms with Crippen LogP contribution in [-0.4, -0.2) is 64.4 Å². The van der Waals surface area contributed by atoms with Crippen molar-refractivity contribution in [2.24, 2.45) is 0 Å². The Bertz CT molecular complexity index is 1140. The van der Waals surface area contributed by atoms with Gasteiger partial charge in [0.15, 0.2) is 6.10 Å². The molecule has 1 aromatic heterocycles. The molecule has 2 N–H and O–H groups in total. The molecular formula is C23H25N5O6. The third kappa shape index (κ3) is 7.69. The zero-order chi connectivity index (χ0) is 25.1. The van der Waals surface area contributed by atoms with E-state index in [4.69, 9.17) is 21.6 Å². The molecule has 1 aromatic carbocycles. The van der Waals surface area contributed by atoms with Crippen molar-refractivity contribution in [3.63, 3.8) is 0 Å². The molecule has 0 saturated heterocycles. The van der Waals surface area contributed by atoms with Crippen LogP contribution in [0.4, 0.5) is 0 Å². The van der Waals surface area contributed by atoms with Crippen molar-refractivity contribution in [3.05, 3.63) is 53.0 Å². The van der Waals surface area contributed by atoms with Crippen molar-refractivity contribution >= 4 is 40.7 Å². The molecule has 0 aliphatic heterocycles. The van der Waals surface area contributed by atoms with Gasteiger partial charge in [0.25, 0.3) is 5.91 Å². The van der Waals surface area contributed by atoms with Crippen molar-refractivity contribution in [2.45, 2.75) is 51.4 Å². The first-order chi connectivity index (χ1) is 16.2. The van der Waals surface area contributed by atoms with Gasteiger partial charge >= 0.3 is 24.7 Å². The van der Waals surface area contributed by atoms with Crippen LogP contribution in [0.5, 0.6) is 0 Å². The molecule has 34 heavy (non-hydrogen) atoms. The smallest absolute Gasteiger partial charge is 0.387 e. The molecule has 0 spiro atoms. The van der Waals surface area contributed by atoms with E-state index in [1.54, 1.807) is 20.0 Å². The lowest BCUT2D eigenvalue weighted by Gasteiger charge is -2.22. The normalized spacial score (nSPS) is 12.2. The molecule has 178 valence electrons. The van der Waals surface area contributed by atoms with Crippen LogP contribution in [-0.2, 0) is 35.1 Å². The number of nitrogens with zero attached hydrogens (tertiary/aromatic N) is 3. The van der Waals surface area contributed by atoms with Gasteiger partial charge in [-0.3, -0.25) is 9.59 Å². The molecule has 0 fully saturated rings. The molecule has 2 rings (SSSR count). The van der Waals surface area contributed by atoms with Gasteiger partial charge in [0.1, 0.15) is 6.04 Å². The molecule has 11 heteroatoms. The lowest BCUT2D eigenvalue weighted by atomic mass is 10.0. The topological polar surface area (TPSA) is 155 Å². The molecule has 2 atom stereocenters. The summed E-state index contributed by atoms with van der Waals surface area (Å²) >= 11 is 0. The summed E-state index contributed by atoms with van der Waals surface area (Å²) in [7, 11) is 0. The van der Waals surface area contributed by atoms with E-state index >= 15 is 0 Å². The van der Waals surface area contributed by atoms with Crippen LogP contribution in [0.15, 0.2) is 30.5 Å². The van der Waals surface area contributed by atoms with Crippen LogP contribution >= 0.6 is 0 Å². The van der Waals surface area contributed by atoms with Gasteiger partial charge in [0.05, 0.1) is 6.10 Å². The Morgan fingerprint density at radius 1 is 1.21 bits per heavy atom. The Morgan fingerprint density at radius 3 is 2.62 bits per heavy atom. The summed E-state index contributed by atoms with van der Waals surface area (Å²) in [6.07, 6.45) is 0.230. The Hall–Kier alpha value is -4.29. The predicted molar refractivity (Wildman–Crippen MR) is 120 cm³/mol. The molecule has 1 heterocycles. The molecule has 0 aliphatic carbocycles. The highest BCUT2D eigenvalue weighted by atomic mass is 16.6. The highest BCUT2D eigenvalue weighted by Gasteiger charge is 2.31. The summed E-state index contributed by atoms with van der Waals surface area (Å²) < 4.78 is 10.4. The SMILES string of the molecule is [C-]#[N+]CC(=O)OC(Cc1c[nH]c2ccccc12)C(=O)N[C@@H](CCC(=O)C=[N+]=[N-])C(=O)OC(C)C. The van der Waals surface area contributed by atoms with Gasteiger partial charge in [-0.05, 0) is 31.9 Å². The lowest BCUT2D eigenvalue weighted by Crippen LogP contribution is -2.48. The summed E-state index contributed by atoms with van der Waals surface area (Å²) in [6.45, 7) is 9.55. The average molecular weight is 467 g/mol. The van der Waals surface area contributed by atoms with Gasteiger partial charge < -0.3 is 30.2 Å². The van der Waals surface area contributed by atoms with E-state index in [0.29, 0.717) is 11.8 Å². The summed E-state index contributed by atoms with van der Waals surface area (Å²) in [5.74, 6) is -2.99. The molecule has 0 aliphatic rings. The number of esters is 2. The van der Waals surface area contributed by atoms with Gasteiger partial charge in [-0.2, -0.15) is 4.79 Å². The summed E-state index contributed by atoms with van der Waals surface area (Å²) in [5.41, 5.74) is 10.0. The zero-order valence-electron chi connectivity index (χ0n) is 18.8. The molecule has 2 aromatic rings. The number of fused-ring (bicyclic) bond motifs is 1. The number of aromatic amines is 1. The maximum Gasteiger partial charge on any atom is 0.387 e. The number of ketones is 1. The largest absolute Gasteiger partial charge is 0.461 e. The minimum absolute atomic E-state index is 0.0123. The first-order valence-corrected chi connectivity index (χ1v) is 10.5. The number of benzene rings is 1. The number of carbonyl (C=O) groups is 4. The molecule has 0 saturated carbocycles. The zero-order valence-corrected chi connectivity index (χ0v) is 18.8. The van der Waals surface area contributed by atoms with Gasteiger partial charge in [-0.15, -0.1) is 0 Å². The van der Waals surface area contributed by atoms with E-state index in [-0.39, 0.29) is 19.3 Å². The van der Waals surface area contributed by atoms with Crippen LogP contribution in [0.25, 0.3) is 21.3 Å². The van der Waals surface area contributed by atoms with Crippen LogP contribution in [0.1, 0.15) is 32.3 Å². The minimum Gasteiger partial charge on any atom is -0.461 e. The van der Waals surface area contributed by atoms with Crippen LogP contribution in [0.2, 0.25) is 0 Å². The van der Waals surface area contributed by atoms with Crippen molar-refractivity contribution in [1.82, 2.24) is 10.3 Å². The fourth-order valence-corrected chi connectivity index (χ4v) is 3.19. The predicted octanol–water partition coefficient (Wildman–Crippen LogP) is 1.63. The third-order valence-corrected chi connectivity index (χ3v) is 4.69. The average Bonchev–Trinajstić information content (AvgIpc) is 3.18. The molecule has 1 unspecified atom stereocenters. The number of para-hydroxylation sites is 1. The van der Waals surface area contributed by atoms with Gasteiger partial charge in [0, 0.05) is 29.9 Å². The number of hydrogen-bond acceptors (Lipinski definition) is 6. The lowest BCUT2D eigenvalue weighted by molar-refractivity contribution is -0.157. The second-order valence-electron chi connectivity index (χ2n) is 7.65. The fourth-order valence-electron chi connectivity index (χ4n) is 3.19. The van der Waals surface area contributed by atoms with Gasteiger partial charge in [-0.25, -0.2) is 16.2 Å². The van der Waals surface area contributed by atoms with Crippen molar-refractivity contribution < 1.29 is 33.4 Å². The maximum atomic E-state index is 13.1. The van der Waals surface area contributed by atoms with Crippen LogP contribution < -0.4 is 5.32 Å². The Labute approximate surface area is 195 Å². The number of rotatable bonds is 12. The van der Waals surface area contributed by atoms with E-state index in [1.165, 1.54) is 0 Å². The minimum atomic E-state index is -1.34. The second-order valence-corrected chi connectivity index (χ2v) is 7.65. The van der Waals surface area contributed by atoms with Crippen molar-refractivity contribution in [3.8, 4) is 0 Å². The van der Waals surface area contributed by atoms with Gasteiger partial charge in [0.2, 0.25) is 5.78 Å². The number of ether oxygens (including phenoxy) is 2. The number of hydrogen-bond donors (Lipinski definition) is 2. The number of amides is 1. The van der Waals surface area contributed by atoms with Crippen molar-refractivity contribution in [1.29, 1.82) is 0 Å². The summed E-state index contributed by atoms with van der Waals surface area (Å²) in [4.78, 5) is 58.0. The van der Waals surface area contributed by atoms with Crippen LogP contribution in [0.3, 0.4) is 0 Å². The Balaban J connectivity index is 2.25. The van der Waals surface area contributed by atoms with Crippen molar-refractivity contribution in [2.75, 3.05) is 6.54 Å². The molecule has 0 radical (unpaired) electrons. The van der Waals surface area contributed by atoms with Gasteiger partial charge in [-0.1, -0.05) is 18.2 Å². The number of nitrogens with one attached hydrogen (secondary N) is 2. The fraction of sp³-hybridized carbons (Fsp3) is 0.391. The van der Waals surface area contributed by atoms with E-state index in [2.05, 4.69) is 19.9 Å². The molecule has 0 bridgehead atoms. The number of carbonyl (C=O) groups excluding carboxylic acids is 4. The molecule has 11 nitrogen and oxygen atoms in total. The number of H-pyrrole nitrogens is 1. The van der Waals surface area contributed by atoms with E-state index in [0.717, 1.165) is 10.9 Å². The number of aromatic nitrogens is 1. The number of Topliss-reactive ketones (excluding diaryl/α,β-unsaturated/α-hetero) is 1. The molecule has 1 amide bonds. The summed E-state index contributed by atoms with van der Waals surface area (Å²) in [5, 5.41) is 3.32. The van der Waals surface area contributed by atoms with E-state index in [9.17, 15) is 19.2 Å². The highest BCUT2D eigenvalue weighted by Crippen LogP contribution is 2.20. The summed E-state index contributed by atoms with van der Waals surface area (Å²) in [6, 6.07) is 6.15.